The zero-order valence-corrected chi connectivity index (χ0v) is 11.1. The predicted molar refractivity (Wildman–Crippen MR) is 73.2 cm³/mol. The van der Waals surface area contributed by atoms with Gasteiger partial charge in [-0.05, 0) is 23.8 Å². The van der Waals surface area contributed by atoms with E-state index in [1.807, 2.05) is 18.2 Å². The Balaban J connectivity index is 2.17. The van der Waals surface area contributed by atoms with Crippen molar-refractivity contribution < 1.29 is 9.90 Å². The number of carbonyl (C=O) groups is 1. The van der Waals surface area contributed by atoms with Crippen molar-refractivity contribution in [1.82, 2.24) is 9.88 Å². The summed E-state index contributed by atoms with van der Waals surface area (Å²) in [6, 6.07) is 10.3. The van der Waals surface area contributed by atoms with Crippen molar-refractivity contribution in [2.24, 2.45) is 0 Å². The molecular weight excluding hydrogens is 264 g/mol. The van der Waals surface area contributed by atoms with Gasteiger partial charge in [0.05, 0.1) is 0 Å². The summed E-state index contributed by atoms with van der Waals surface area (Å²) >= 11 is 6.05. The first-order valence-corrected chi connectivity index (χ1v) is 6.10. The number of aromatic hydroxyl groups is 1. The Kier molecular flexibility index (Phi) is 4.02. The van der Waals surface area contributed by atoms with Crippen LogP contribution in [0.1, 0.15) is 16.1 Å². The van der Waals surface area contributed by atoms with Gasteiger partial charge in [-0.1, -0.05) is 29.8 Å². The molecule has 0 aliphatic carbocycles. The minimum Gasteiger partial charge on any atom is -0.505 e. The van der Waals surface area contributed by atoms with E-state index in [1.54, 1.807) is 19.2 Å². The van der Waals surface area contributed by atoms with Gasteiger partial charge < -0.3 is 10.0 Å². The third-order valence-corrected chi connectivity index (χ3v) is 3.07. The van der Waals surface area contributed by atoms with E-state index in [4.69, 9.17) is 11.6 Å². The first-order chi connectivity index (χ1) is 9.09. The third-order valence-electron chi connectivity index (χ3n) is 2.70. The topological polar surface area (TPSA) is 53.4 Å². The Morgan fingerprint density at radius 3 is 2.74 bits per heavy atom. The van der Waals surface area contributed by atoms with Crippen LogP contribution >= 0.6 is 11.6 Å². The van der Waals surface area contributed by atoms with Crippen LogP contribution in [-0.4, -0.2) is 27.9 Å². The monoisotopic (exact) mass is 276 g/mol. The number of halogens is 1. The first-order valence-electron chi connectivity index (χ1n) is 5.72. The Labute approximate surface area is 116 Å². The number of aromatic nitrogens is 1. The Morgan fingerprint density at radius 2 is 2.05 bits per heavy atom. The lowest BCUT2D eigenvalue weighted by atomic mass is 10.2. The molecule has 1 heterocycles. The molecule has 0 radical (unpaired) electrons. The van der Waals surface area contributed by atoms with E-state index < -0.39 is 0 Å². The average Bonchev–Trinajstić information content (AvgIpc) is 2.41. The number of rotatable bonds is 3. The molecule has 5 heteroatoms. The second-order valence-corrected chi connectivity index (χ2v) is 4.53. The summed E-state index contributed by atoms with van der Waals surface area (Å²) in [5, 5.41) is 10.2. The molecule has 1 aromatic heterocycles. The number of pyridine rings is 1. The molecule has 98 valence electrons. The molecule has 0 saturated heterocycles. The van der Waals surface area contributed by atoms with E-state index in [0.29, 0.717) is 11.6 Å². The van der Waals surface area contributed by atoms with E-state index in [2.05, 4.69) is 4.98 Å². The van der Waals surface area contributed by atoms with Crippen molar-refractivity contribution in [2.75, 3.05) is 7.05 Å². The number of nitrogens with zero attached hydrogens (tertiary/aromatic N) is 2. The lowest BCUT2D eigenvalue weighted by Crippen LogP contribution is -2.27. The van der Waals surface area contributed by atoms with Crippen molar-refractivity contribution in [3.05, 3.63) is 58.9 Å². The molecule has 1 amide bonds. The molecule has 0 aliphatic rings. The van der Waals surface area contributed by atoms with Crippen LogP contribution in [0.2, 0.25) is 5.02 Å². The maximum absolute atomic E-state index is 12.1. The summed E-state index contributed by atoms with van der Waals surface area (Å²) in [6.45, 7) is 0.356. The maximum atomic E-state index is 12.1. The number of benzene rings is 1. The Bertz CT molecular complexity index is 602. The van der Waals surface area contributed by atoms with Gasteiger partial charge >= 0.3 is 0 Å². The fourth-order valence-electron chi connectivity index (χ4n) is 1.70. The van der Waals surface area contributed by atoms with Gasteiger partial charge in [0.15, 0.2) is 5.69 Å². The Hall–Kier alpha value is -2.07. The van der Waals surface area contributed by atoms with Crippen molar-refractivity contribution in [1.29, 1.82) is 0 Å². The van der Waals surface area contributed by atoms with Crippen LogP contribution in [-0.2, 0) is 6.54 Å². The number of carbonyl (C=O) groups excluding carboxylic acids is 1. The van der Waals surface area contributed by atoms with E-state index in [1.165, 1.54) is 17.2 Å². The van der Waals surface area contributed by atoms with Crippen LogP contribution in [0.4, 0.5) is 0 Å². The van der Waals surface area contributed by atoms with Gasteiger partial charge in [-0.15, -0.1) is 0 Å². The van der Waals surface area contributed by atoms with Crippen molar-refractivity contribution in [3.63, 3.8) is 0 Å². The van der Waals surface area contributed by atoms with E-state index in [0.717, 1.165) is 5.56 Å². The molecule has 0 atom stereocenters. The molecule has 2 rings (SSSR count). The SMILES string of the molecule is CN(Cc1ccccc1Cl)C(=O)c1ncccc1O. The van der Waals surface area contributed by atoms with Crippen molar-refractivity contribution in [2.45, 2.75) is 6.54 Å². The van der Waals surface area contributed by atoms with Gasteiger partial charge in [0.1, 0.15) is 5.75 Å². The molecule has 19 heavy (non-hydrogen) atoms. The van der Waals surface area contributed by atoms with Crippen LogP contribution in [0.5, 0.6) is 5.75 Å². The second-order valence-electron chi connectivity index (χ2n) is 4.12. The largest absolute Gasteiger partial charge is 0.505 e. The molecule has 4 nitrogen and oxygen atoms in total. The standard InChI is InChI=1S/C14H13ClN2O2/c1-17(9-10-5-2-3-6-11(10)15)14(19)13-12(18)7-4-8-16-13/h2-8,18H,9H2,1H3. The zero-order chi connectivity index (χ0) is 13.8. The molecule has 1 N–H and O–H groups in total. The molecule has 2 aromatic rings. The van der Waals surface area contributed by atoms with Gasteiger partial charge in [-0.2, -0.15) is 0 Å². The van der Waals surface area contributed by atoms with Gasteiger partial charge in [0, 0.05) is 24.8 Å². The van der Waals surface area contributed by atoms with Gasteiger partial charge in [-0.25, -0.2) is 4.98 Å². The fraction of sp³-hybridized carbons (Fsp3) is 0.143. The van der Waals surface area contributed by atoms with Gasteiger partial charge in [0.25, 0.3) is 5.91 Å². The van der Waals surface area contributed by atoms with Crippen LogP contribution in [0.15, 0.2) is 42.6 Å². The molecule has 0 bridgehead atoms. The average molecular weight is 277 g/mol. The summed E-state index contributed by atoms with van der Waals surface area (Å²) in [7, 11) is 1.64. The molecule has 0 spiro atoms. The molecule has 1 aromatic carbocycles. The summed E-state index contributed by atoms with van der Waals surface area (Å²) in [4.78, 5) is 17.5. The lowest BCUT2D eigenvalue weighted by Gasteiger charge is -2.17. The molecule has 0 unspecified atom stereocenters. The molecule has 0 fully saturated rings. The minimum absolute atomic E-state index is 0.0389. The highest BCUT2D eigenvalue weighted by atomic mass is 35.5. The minimum atomic E-state index is -0.349. The summed E-state index contributed by atoms with van der Waals surface area (Å²) in [5.74, 6) is -0.475. The van der Waals surface area contributed by atoms with Crippen LogP contribution in [0.3, 0.4) is 0 Å². The third kappa shape index (κ3) is 3.03. The number of hydrogen-bond donors (Lipinski definition) is 1. The van der Waals surface area contributed by atoms with Crippen molar-refractivity contribution >= 4 is 17.5 Å². The van der Waals surface area contributed by atoms with E-state index >= 15 is 0 Å². The van der Waals surface area contributed by atoms with Crippen LogP contribution < -0.4 is 0 Å². The predicted octanol–water partition coefficient (Wildman–Crippen LogP) is 2.71. The van der Waals surface area contributed by atoms with Gasteiger partial charge in [-0.3, -0.25) is 4.79 Å². The lowest BCUT2D eigenvalue weighted by molar-refractivity contribution is 0.0776. The highest BCUT2D eigenvalue weighted by Crippen LogP contribution is 2.19. The highest BCUT2D eigenvalue weighted by Gasteiger charge is 2.17. The van der Waals surface area contributed by atoms with Crippen LogP contribution in [0.25, 0.3) is 0 Å². The number of hydrogen-bond acceptors (Lipinski definition) is 3. The Morgan fingerprint density at radius 1 is 1.32 bits per heavy atom. The van der Waals surface area contributed by atoms with Crippen molar-refractivity contribution in [3.8, 4) is 5.75 Å². The smallest absolute Gasteiger partial charge is 0.276 e. The zero-order valence-electron chi connectivity index (χ0n) is 10.4. The quantitative estimate of drug-likeness (QED) is 0.938. The van der Waals surface area contributed by atoms with E-state index in [-0.39, 0.29) is 17.4 Å². The maximum Gasteiger partial charge on any atom is 0.276 e. The van der Waals surface area contributed by atoms with Gasteiger partial charge in [0.2, 0.25) is 0 Å². The van der Waals surface area contributed by atoms with Crippen LogP contribution in [0, 0.1) is 0 Å². The first kappa shape index (κ1) is 13.4. The highest BCUT2D eigenvalue weighted by molar-refractivity contribution is 6.31. The van der Waals surface area contributed by atoms with E-state index in [9.17, 15) is 9.90 Å². The molecular formula is C14H13ClN2O2. The summed E-state index contributed by atoms with van der Waals surface area (Å²) in [6.07, 6.45) is 1.47. The second kappa shape index (κ2) is 5.71. The molecule has 0 aliphatic heterocycles. The summed E-state index contributed by atoms with van der Waals surface area (Å²) < 4.78 is 0. The fourth-order valence-corrected chi connectivity index (χ4v) is 1.89. The normalized spacial score (nSPS) is 10.2. The molecule has 0 saturated carbocycles. The number of amides is 1. The summed E-state index contributed by atoms with van der Waals surface area (Å²) in [5.41, 5.74) is 0.882.